The molecule has 1 aliphatic heterocycles. The molecule has 10 nitrogen and oxygen atoms in total. The molecule has 6 atom stereocenters. The standard InChI is InChI=1S/C26H29NO9.ClH/c1-11-21(29)15(27)8-17(35-11)36-16-10-26(34,6-7-28)9-14-18(16)25(33)20-19(24(14)32)22(30)12-4-2-3-5-13(12)23(20)31;/h2-5,11,15-17,21,28-29,32-34H,6-10,27H2,1H3;1H/t11?,15?,16-,17?,21?,26-;/m0./s1. The number of nitrogens with two attached hydrogens (primary N) is 1. The molecule has 1 fully saturated rings. The van der Waals surface area contributed by atoms with E-state index in [1.165, 1.54) is 12.1 Å². The number of halogens is 1. The van der Waals surface area contributed by atoms with Gasteiger partial charge in [0.1, 0.15) is 11.5 Å². The van der Waals surface area contributed by atoms with Crippen LogP contribution in [0.2, 0.25) is 0 Å². The summed E-state index contributed by atoms with van der Waals surface area (Å²) in [6.45, 7) is 1.29. The van der Waals surface area contributed by atoms with Gasteiger partial charge in [0.2, 0.25) is 0 Å². The van der Waals surface area contributed by atoms with Crippen LogP contribution in [0.25, 0.3) is 0 Å². The summed E-state index contributed by atoms with van der Waals surface area (Å²) in [4.78, 5) is 26.6. The van der Waals surface area contributed by atoms with Crippen molar-refractivity contribution in [1.29, 1.82) is 0 Å². The van der Waals surface area contributed by atoms with Crippen LogP contribution in [0.4, 0.5) is 0 Å². The number of phenols is 2. The highest BCUT2D eigenvalue weighted by atomic mass is 35.5. The van der Waals surface area contributed by atoms with Crippen LogP contribution in [-0.2, 0) is 15.9 Å². The minimum atomic E-state index is -1.54. The highest BCUT2D eigenvalue weighted by Crippen LogP contribution is 2.52. The Hall–Kier alpha value is -2.57. The lowest BCUT2D eigenvalue weighted by Gasteiger charge is -2.42. The number of benzene rings is 2. The van der Waals surface area contributed by atoms with E-state index < -0.39 is 59.3 Å². The van der Waals surface area contributed by atoms with Crippen LogP contribution in [0.5, 0.6) is 11.5 Å². The molecule has 2 aromatic carbocycles. The summed E-state index contributed by atoms with van der Waals surface area (Å²) in [5.74, 6) is -2.25. The van der Waals surface area contributed by atoms with Gasteiger partial charge in [-0.15, -0.1) is 12.4 Å². The highest BCUT2D eigenvalue weighted by molar-refractivity contribution is 6.30. The van der Waals surface area contributed by atoms with Gasteiger partial charge in [0.15, 0.2) is 17.9 Å². The Morgan fingerprint density at radius 2 is 1.70 bits per heavy atom. The molecule has 2 aliphatic carbocycles. The molecule has 37 heavy (non-hydrogen) atoms. The van der Waals surface area contributed by atoms with Crippen molar-refractivity contribution in [3.63, 3.8) is 0 Å². The van der Waals surface area contributed by atoms with Gasteiger partial charge in [0.25, 0.3) is 0 Å². The second kappa shape index (κ2) is 9.95. The van der Waals surface area contributed by atoms with E-state index in [0.29, 0.717) is 0 Å². The maximum absolute atomic E-state index is 13.3. The summed E-state index contributed by atoms with van der Waals surface area (Å²) in [7, 11) is 0. The van der Waals surface area contributed by atoms with E-state index in [1.54, 1.807) is 19.1 Å². The van der Waals surface area contributed by atoms with Gasteiger partial charge in [-0.05, 0) is 13.3 Å². The summed E-state index contributed by atoms with van der Waals surface area (Å²) in [5, 5.41) is 53.6. The largest absolute Gasteiger partial charge is 0.507 e. The van der Waals surface area contributed by atoms with E-state index in [1.807, 2.05) is 0 Å². The fourth-order valence-electron chi connectivity index (χ4n) is 5.63. The lowest BCUT2D eigenvalue weighted by molar-refractivity contribution is -0.248. The average molecular weight is 536 g/mol. The second-order valence-corrected chi connectivity index (χ2v) is 9.91. The van der Waals surface area contributed by atoms with E-state index >= 15 is 0 Å². The predicted molar refractivity (Wildman–Crippen MR) is 132 cm³/mol. The van der Waals surface area contributed by atoms with Crippen molar-refractivity contribution in [3.8, 4) is 11.5 Å². The Kier molecular flexibility index (Phi) is 7.39. The fraction of sp³-hybridized carbons (Fsp3) is 0.462. The van der Waals surface area contributed by atoms with Crippen molar-refractivity contribution in [2.45, 2.75) is 68.9 Å². The van der Waals surface area contributed by atoms with E-state index in [0.717, 1.165) is 0 Å². The molecule has 1 heterocycles. The summed E-state index contributed by atoms with van der Waals surface area (Å²) in [6, 6.07) is 5.51. The average Bonchev–Trinajstić information content (AvgIpc) is 2.83. The lowest BCUT2D eigenvalue weighted by Crippen LogP contribution is -2.52. The van der Waals surface area contributed by atoms with E-state index in [2.05, 4.69) is 0 Å². The quantitative estimate of drug-likeness (QED) is 0.266. The first-order chi connectivity index (χ1) is 17.1. The molecular formula is C26H30ClNO9. The SMILES string of the molecule is CC1OC(O[C@H]2C[C@](O)(CCO)Cc3c(O)c4c(c(O)c32)C(=O)c2ccccc2C4=O)CC(N)C1O.Cl. The number of ether oxygens (including phenoxy) is 2. The number of hydrogen-bond donors (Lipinski definition) is 6. The molecule has 7 N–H and O–H groups in total. The number of carbonyl (C=O) groups is 2. The Morgan fingerprint density at radius 1 is 1.11 bits per heavy atom. The van der Waals surface area contributed by atoms with Gasteiger partial charge in [-0.3, -0.25) is 9.59 Å². The second-order valence-electron chi connectivity index (χ2n) is 9.91. The van der Waals surface area contributed by atoms with Crippen LogP contribution in [0.3, 0.4) is 0 Å². The Labute approximate surface area is 219 Å². The smallest absolute Gasteiger partial charge is 0.198 e. The molecule has 1 saturated heterocycles. The Bertz CT molecular complexity index is 1240. The molecule has 4 unspecified atom stereocenters. The number of carbonyl (C=O) groups excluding carboxylic acids is 2. The molecular weight excluding hydrogens is 506 g/mol. The molecule has 3 aliphatic rings. The van der Waals surface area contributed by atoms with Crippen LogP contribution < -0.4 is 5.73 Å². The van der Waals surface area contributed by atoms with Crippen molar-refractivity contribution in [2.75, 3.05) is 6.61 Å². The molecule has 11 heteroatoms. The Balaban J connectivity index is 0.00000320. The van der Waals surface area contributed by atoms with Gasteiger partial charge in [0, 0.05) is 54.2 Å². The van der Waals surface area contributed by atoms with Gasteiger partial charge in [-0.2, -0.15) is 0 Å². The number of ketones is 2. The molecule has 0 saturated carbocycles. The number of phenolic OH excluding ortho intramolecular Hbond substituents is 2. The van der Waals surface area contributed by atoms with E-state index in [4.69, 9.17) is 15.2 Å². The summed E-state index contributed by atoms with van der Waals surface area (Å²) < 4.78 is 11.9. The number of aliphatic hydroxyl groups is 3. The van der Waals surface area contributed by atoms with Crippen LogP contribution in [0, 0.1) is 0 Å². The minimum absolute atomic E-state index is 0. The van der Waals surface area contributed by atoms with Gasteiger partial charge >= 0.3 is 0 Å². The summed E-state index contributed by atoms with van der Waals surface area (Å²) >= 11 is 0. The summed E-state index contributed by atoms with van der Waals surface area (Å²) in [6.07, 6.45) is -3.72. The normalized spacial score (nSPS) is 30.7. The fourth-order valence-corrected chi connectivity index (χ4v) is 5.63. The predicted octanol–water partition coefficient (Wildman–Crippen LogP) is 1.24. The molecule has 0 bridgehead atoms. The third-order valence-corrected chi connectivity index (χ3v) is 7.50. The number of aliphatic hydroxyl groups excluding tert-OH is 2. The van der Waals surface area contributed by atoms with Crippen molar-refractivity contribution >= 4 is 24.0 Å². The number of aromatic hydroxyl groups is 2. The van der Waals surface area contributed by atoms with Gasteiger partial charge in [-0.25, -0.2) is 0 Å². The van der Waals surface area contributed by atoms with Crippen molar-refractivity contribution < 1.29 is 44.6 Å². The first-order valence-corrected chi connectivity index (χ1v) is 11.9. The monoisotopic (exact) mass is 535 g/mol. The molecule has 0 radical (unpaired) electrons. The maximum Gasteiger partial charge on any atom is 0.198 e. The topological polar surface area (TPSA) is 180 Å². The third-order valence-electron chi connectivity index (χ3n) is 7.50. The first-order valence-electron chi connectivity index (χ1n) is 11.9. The van der Waals surface area contributed by atoms with E-state index in [9.17, 15) is 35.1 Å². The molecule has 2 aromatic rings. The number of hydrogen-bond acceptors (Lipinski definition) is 10. The van der Waals surface area contributed by atoms with Crippen LogP contribution >= 0.6 is 12.4 Å². The molecule has 0 aromatic heterocycles. The zero-order valence-electron chi connectivity index (χ0n) is 20.1. The molecule has 0 amide bonds. The summed E-state index contributed by atoms with van der Waals surface area (Å²) in [5.41, 5.74) is 4.20. The van der Waals surface area contributed by atoms with Gasteiger partial charge < -0.3 is 40.7 Å². The number of fused-ring (bicyclic) bond motifs is 3. The lowest BCUT2D eigenvalue weighted by atomic mass is 9.72. The van der Waals surface area contributed by atoms with Crippen molar-refractivity contribution in [1.82, 2.24) is 0 Å². The van der Waals surface area contributed by atoms with Gasteiger partial charge in [-0.1, -0.05) is 24.3 Å². The van der Waals surface area contributed by atoms with Crippen molar-refractivity contribution in [3.05, 3.63) is 57.6 Å². The Morgan fingerprint density at radius 3 is 2.27 bits per heavy atom. The van der Waals surface area contributed by atoms with Crippen LogP contribution in [-0.4, -0.2) is 73.8 Å². The third kappa shape index (κ3) is 4.42. The van der Waals surface area contributed by atoms with Crippen LogP contribution in [0.1, 0.15) is 75.3 Å². The first kappa shape index (κ1) is 27.5. The van der Waals surface area contributed by atoms with Gasteiger partial charge in [0.05, 0.1) is 35.0 Å². The molecule has 5 rings (SSSR count). The maximum atomic E-state index is 13.3. The molecule has 200 valence electrons. The van der Waals surface area contributed by atoms with Crippen molar-refractivity contribution in [2.24, 2.45) is 5.73 Å². The highest BCUT2D eigenvalue weighted by Gasteiger charge is 2.47. The number of rotatable bonds is 4. The minimum Gasteiger partial charge on any atom is -0.507 e. The van der Waals surface area contributed by atoms with Crippen LogP contribution in [0.15, 0.2) is 24.3 Å². The van der Waals surface area contributed by atoms with E-state index in [-0.39, 0.29) is 78.1 Å². The molecule has 0 spiro atoms. The zero-order chi connectivity index (χ0) is 25.9. The zero-order valence-corrected chi connectivity index (χ0v) is 20.9.